The molecule has 1 unspecified atom stereocenters. The molecule has 1 rings (SSSR count). The van der Waals surface area contributed by atoms with Crippen molar-refractivity contribution in [3.63, 3.8) is 0 Å². The molecule has 0 aliphatic carbocycles. The van der Waals surface area contributed by atoms with Crippen molar-refractivity contribution in [2.75, 3.05) is 6.54 Å². The predicted molar refractivity (Wildman–Crippen MR) is 66.2 cm³/mol. The van der Waals surface area contributed by atoms with Crippen molar-refractivity contribution < 1.29 is 0 Å². The van der Waals surface area contributed by atoms with E-state index in [0.29, 0.717) is 12.0 Å². The van der Waals surface area contributed by atoms with Gasteiger partial charge in [0.1, 0.15) is 12.2 Å². The first-order chi connectivity index (χ1) is 7.63. The van der Waals surface area contributed by atoms with Crippen LogP contribution in [0.1, 0.15) is 39.4 Å². The number of hydrogen-bond donors (Lipinski definition) is 1. The fourth-order valence-corrected chi connectivity index (χ4v) is 1.85. The highest BCUT2D eigenvalue weighted by Crippen LogP contribution is 2.11. The van der Waals surface area contributed by atoms with Crippen molar-refractivity contribution in [1.82, 2.24) is 20.1 Å². The lowest BCUT2D eigenvalue weighted by Gasteiger charge is -2.18. The Hall–Kier alpha value is -0.900. The standard InChI is InChI=1S/C12H24N4/c1-5-6-11(8-13-10(2)3)7-12-14-9-15-16(12)4/h9-11,13H,5-8H2,1-4H3. The Morgan fingerprint density at radius 1 is 1.44 bits per heavy atom. The Bertz CT molecular complexity index is 293. The maximum atomic E-state index is 4.29. The Morgan fingerprint density at radius 2 is 2.19 bits per heavy atom. The lowest BCUT2D eigenvalue weighted by molar-refractivity contribution is 0.406. The van der Waals surface area contributed by atoms with E-state index in [-0.39, 0.29) is 0 Å². The molecule has 1 aromatic rings. The van der Waals surface area contributed by atoms with Gasteiger partial charge in [-0.05, 0) is 18.9 Å². The highest BCUT2D eigenvalue weighted by molar-refractivity contribution is 4.87. The van der Waals surface area contributed by atoms with Crippen LogP contribution in [0.25, 0.3) is 0 Å². The summed E-state index contributed by atoms with van der Waals surface area (Å²) in [5.74, 6) is 1.75. The highest BCUT2D eigenvalue weighted by atomic mass is 15.3. The van der Waals surface area contributed by atoms with Crippen LogP contribution in [0.4, 0.5) is 0 Å². The molecule has 1 N–H and O–H groups in total. The minimum atomic E-state index is 0.554. The van der Waals surface area contributed by atoms with Gasteiger partial charge in [0.15, 0.2) is 0 Å². The zero-order chi connectivity index (χ0) is 12.0. The third kappa shape index (κ3) is 4.31. The van der Waals surface area contributed by atoms with Crippen LogP contribution in [0.2, 0.25) is 0 Å². The van der Waals surface area contributed by atoms with Gasteiger partial charge < -0.3 is 5.32 Å². The molecule has 1 heterocycles. The first-order valence-electron chi connectivity index (χ1n) is 6.19. The summed E-state index contributed by atoms with van der Waals surface area (Å²) in [6.45, 7) is 7.67. The first kappa shape index (κ1) is 13.2. The second kappa shape index (κ2) is 6.63. The van der Waals surface area contributed by atoms with Gasteiger partial charge in [-0.25, -0.2) is 4.98 Å². The van der Waals surface area contributed by atoms with Crippen molar-refractivity contribution in [3.8, 4) is 0 Å². The molecular weight excluding hydrogens is 200 g/mol. The predicted octanol–water partition coefficient (Wildman–Crippen LogP) is 1.77. The molecule has 0 saturated carbocycles. The zero-order valence-corrected chi connectivity index (χ0v) is 10.9. The van der Waals surface area contributed by atoms with Crippen LogP contribution in [0.3, 0.4) is 0 Å². The van der Waals surface area contributed by atoms with Crippen molar-refractivity contribution in [2.24, 2.45) is 13.0 Å². The van der Waals surface area contributed by atoms with Crippen molar-refractivity contribution >= 4 is 0 Å². The average molecular weight is 224 g/mol. The van der Waals surface area contributed by atoms with E-state index in [1.807, 2.05) is 11.7 Å². The minimum absolute atomic E-state index is 0.554. The smallest absolute Gasteiger partial charge is 0.138 e. The van der Waals surface area contributed by atoms with Gasteiger partial charge in [0.2, 0.25) is 0 Å². The normalized spacial score (nSPS) is 13.3. The molecule has 0 aromatic carbocycles. The number of hydrogen-bond acceptors (Lipinski definition) is 3. The third-order valence-electron chi connectivity index (χ3n) is 2.79. The molecule has 1 aromatic heterocycles. The molecule has 0 spiro atoms. The van der Waals surface area contributed by atoms with E-state index in [1.165, 1.54) is 12.8 Å². The number of rotatable bonds is 7. The SMILES string of the molecule is CCCC(CNC(C)C)Cc1ncnn1C. The van der Waals surface area contributed by atoms with Crippen molar-refractivity contribution in [2.45, 2.75) is 46.1 Å². The van der Waals surface area contributed by atoms with Crippen LogP contribution < -0.4 is 5.32 Å². The van der Waals surface area contributed by atoms with E-state index in [2.05, 4.69) is 36.2 Å². The van der Waals surface area contributed by atoms with Gasteiger partial charge in [-0.15, -0.1) is 0 Å². The molecule has 0 aliphatic rings. The molecule has 0 amide bonds. The number of aryl methyl sites for hydroxylation is 1. The van der Waals surface area contributed by atoms with Crippen LogP contribution >= 0.6 is 0 Å². The second-order valence-corrected chi connectivity index (χ2v) is 4.72. The lowest BCUT2D eigenvalue weighted by atomic mass is 9.99. The molecule has 4 heteroatoms. The van der Waals surface area contributed by atoms with Gasteiger partial charge in [0.05, 0.1) is 0 Å². The topological polar surface area (TPSA) is 42.7 Å². The Labute approximate surface area is 98.5 Å². The summed E-state index contributed by atoms with van der Waals surface area (Å²) >= 11 is 0. The summed E-state index contributed by atoms with van der Waals surface area (Å²) in [5.41, 5.74) is 0. The van der Waals surface area contributed by atoms with Crippen LogP contribution in [0.5, 0.6) is 0 Å². The molecule has 0 aliphatic heterocycles. The van der Waals surface area contributed by atoms with Gasteiger partial charge in [0, 0.05) is 19.5 Å². The molecule has 1 atom stereocenters. The summed E-state index contributed by atoms with van der Waals surface area (Å²) in [6.07, 6.45) is 5.12. The Morgan fingerprint density at radius 3 is 2.69 bits per heavy atom. The molecule has 4 nitrogen and oxygen atoms in total. The van der Waals surface area contributed by atoms with Crippen molar-refractivity contribution in [3.05, 3.63) is 12.2 Å². The number of nitrogens with zero attached hydrogens (tertiary/aromatic N) is 3. The minimum Gasteiger partial charge on any atom is -0.314 e. The fraction of sp³-hybridized carbons (Fsp3) is 0.833. The number of nitrogens with one attached hydrogen (secondary N) is 1. The molecule has 92 valence electrons. The Balaban J connectivity index is 2.47. The summed E-state index contributed by atoms with van der Waals surface area (Å²) < 4.78 is 1.87. The molecule has 0 radical (unpaired) electrons. The van der Waals surface area contributed by atoms with Gasteiger partial charge in [0.25, 0.3) is 0 Å². The largest absolute Gasteiger partial charge is 0.314 e. The van der Waals surface area contributed by atoms with Gasteiger partial charge in [-0.3, -0.25) is 4.68 Å². The fourth-order valence-electron chi connectivity index (χ4n) is 1.85. The molecule has 0 saturated heterocycles. The molecule has 16 heavy (non-hydrogen) atoms. The van der Waals surface area contributed by atoms with Crippen molar-refractivity contribution in [1.29, 1.82) is 0 Å². The quantitative estimate of drug-likeness (QED) is 0.767. The molecular formula is C12H24N4. The van der Waals surface area contributed by atoms with E-state index in [4.69, 9.17) is 0 Å². The lowest BCUT2D eigenvalue weighted by Crippen LogP contribution is -2.30. The van der Waals surface area contributed by atoms with E-state index in [1.54, 1.807) is 6.33 Å². The molecule has 0 fully saturated rings. The Kier molecular flexibility index (Phi) is 5.46. The summed E-state index contributed by atoms with van der Waals surface area (Å²) in [7, 11) is 1.96. The van der Waals surface area contributed by atoms with Gasteiger partial charge in [-0.2, -0.15) is 5.10 Å². The van der Waals surface area contributed by atoms with Gasteiger partial charge >= 0.3 is 0 Å². The first-order valence-corrected chi connectivity index (χ1v) is 6.19. The number of aromatic nitrogens is 3. The van der Waals surface area contributed by atoms with Crippen LogP contribution in [0.15, 0.2) is 6.33 Å². The van der Waals surface area contributed by atoms with Crippen LogP contribution in [-0.4, -0.2) is 27.4 Å². The zero-order valence-electron chi connectivity index (χ0n) is 10.9. The average Bonchev–Trinajstić information content (AvgIpc) is 2.61. The van der Waals surface area contributed by atoms with Crippen LogP contribution in [-0.2, 0) is 13.5 Å². The second-order valence-electron chi connectivity index (χ2n) is 4.72. The van der Waals surface area contributed by atoms with Crippen LogP contribution in [0, 0.1) is 5.92 Å². The van der Waals surface area contributed by atoms with E-state index in [9.17, 15) is 0 Å². The molecule has 0 bridgehead atoms. The maximum Gasteiger partial charge on any atom is 0.138 e. The van der Waals surface area contributed by atoms with E-state index < -0.39 is 0 Å². The monoisotopic (exact) mass is 224 g/mol. The summed E-state index contributed by atoms with van der Waals surface area (Å²) in [5, 5.41) is 7.62. The van der Waals surface area contributed by atoms with E-state index >= 15 is 0 Å². The summed E-state index contributed by atoms with van der Waals surface area (Å²) in [6, 6.07) is 0.554. The summed E-state index contributed by atoms with van der Waals surface area (Å²) in [4.78, 5) is 4.29. The van der Waals surface area contributed by atoms with Gasteiger partial charge in [-0.1, -0.05) is 27.2 Å². The maximum absolute atomic E-state index is 4.29. The van der Waals surface area contributed by atoms with E-state index in [0.717, 1.165) is 18.8 Å². The third-order valence-corrected chi connectivity index (χ3v) is 2.79. The highest BCUT2D eigenvalue weighted by Gasteiger charge is 2.12.